The minimum Gasteiger partial charge on any atom is -0.419 e. The summed E-state index contributed by atoms with van der Waals surface area (Å²) in [7, 11) is 0. The van der Waals surface area contributed by atoms with Gasteiger partial charge >= 0.3 is 0 Å². The van der Waals surface area contributed by atoms with Crippen molar-refractivity contribution >= 4 is 27.3 Å². The first-order chi connectivity index (χ1) is 7.70. The summed E-state index contributed by atoms with van der Waals surface area (Å²) in [5.41, 5.74) is 0.958. The molecule has 6 heteroatoms. The fourth-order valence-electron chi connectivity index (χ4n) is 1.34. The Hall–Kier alpha value is -0.720. The lowest BCUT2D eigenvalue weighted by molar-refractivity contribution is 0.429. The second kappa shape index (κ2) is 5.07. The van der Waals surface area contributed by atoms with E-state index in [1.807, 2.05) is 25.3 Å². The highest BCUT2D eigenvalue weighted by molar-refractivity contribution is 9.11. The molecular formula is C10H12BrN3OS. The minimum absolute atomic E-state index is 0.0910. The Bertz CT molecular complexity index is 468. The minimum atomic E-state index is 0.0910. The number of hydrogen-bond acceptors (Lipinski definition) is 5. The Labute approximate surface area is 106 Å². The molecule has 0 spiro atoms. The van der Waals surface area contributed by atoms with Crippen molar-refractivity contribution in [3.63, 3.8) is 0 Å². The predicted molar refractivity (Wildman–Crippen MR) is 67.4 cm³/mol. The summed E-state index contributed by atoms with van der Waals surface area (Å²) in [5.74, 6) is 1.20. The van der Waals surface area contributed by atoms with Crippen molar-refractivity contribution in [3.8, 4) is 11.5 Å². The Morgan fingerprint density at radius 2 is 2.38 bits per heavy atom. The summed E-state index contributed by atoms with van der Waals surface area (Å²) >= 11 is 5.01. The van der Waals surface area contributed by atoms with E-state index in [0.29, 0.717) is 11.8 Å². The second-order valence-electron chi connectivity index (χ2n) is 3.36. The van der Waals surface area contributed by atoms with Gasteiger partial charge in [-0.05, 0) is 35.5 Å². The molecule has 0 saturated heterocycles. The SMILES string of the molecule is CCNC(C)c1nnc(-c2csc(Br)c2)o1. The van der Waals surface area contributed by atoms with Crippen LogP contribution in [0.5, 0.6) is 0 Å². The van der Waals surface area contributed by atoms with Gasteiger partial charge in [0.1, 0.15) is 0 Å². The lowest BCUT2D eigenvalue weighted by atomic mass is 10.3. The highest BCUT2D eigenvalue weighted by Gasteiger charge is 2.14. The molecule has 0 aliphatic carbocycles. The maximum absolute atomic E-state index is 5.60. The molecule has 0 aliphatic heterocycles. The summed E-state index contributed by atoms with van der Waals surface area (Å²) in [4.78, 5) is 0. The van der Waals surface area contributed by atoms with Gasteiger partial charge in [-0.15, -0.1) is 21.5 Å². The zero-order valence-electron chi connectivity index (χ0n) is 9.03. The highest BCUT2D eigenvalue weighted by Crippen LogP contribution is 2.28. The lowest BCUT2D eigenvalue weighted by Gasteiger charge is -2.05. The van der Waals surface area contributed by atoms with Gasteiger partial charge in [0.15, 0.2) is 0 Å². The van der Waals surface area contributed by atoms with Gasteiger partial charge in [0.05, 0.1) is 15.4 Å². The summed E-state index contributed by atoms with van der Waals surface area (Å²) < 4.78 is 6.66. The maximum atomic E-state index is 5.60. The second-order valence-corrected chi connectivity index (χ2v) is 5.65. The van der Waals surface area contributed by atoms with Crippen LogP contribution in [-0.4, -0.2) is 16.7 Å². The van der Waals surface area contributed by atoms with Gasteiger partial charge in [0.2, 0.25) is 11.8 Å². The fourth-order valence-corrected chi connectivity index (χ4v) is 2.47. The van der Waals surface area contributed by atoms with E-state index in [1.54, 1.807) is 11.3 Å². The molecule has 1 unspecified atom stereocenters. The van der Waals surface area contributed by atoms with Crippen molar-refractivity contribution < 1.29 is 4.42 Å². The molecule has 0 amide bonds. The van der Waals surface area contributed by atoms with Crippen LogP contribution in [0, 0.1) is 0 Å². The lowest BCUT2D eigenvalue weighted by Crippen LogP contribution is -2.17. The molecule has 2 rings (SSSR count). The summed E-state index contributed by atoms with van der Waals surface area (Å²) in [6, 6.07) is 2.06. The van der Waals surface area contributed by atoms with Crippen molar-refractivity contribution in [3.05, 3.63) is 21.1 Å². The quantitative estimate of drug-likeness (QED) is 0.942. The molecule has 0 fully saturated rings. The summed E-state index contributed by atoms with van der Waals surface area (Å²) in [6.07, 6.45) is 0. The van der Waals surface area contributed by atoms with E-state index in [2.05, 4.69) is 31.4 Å². The topological polar surface area (TPSA) is 51.0 Å². The molecule has 0 bridgehead atoms. The van der Waals surface area contributed by atoms with Crippen molar-refractivity contribution in [1.29, 1.82) is 0 Å². The number of hydrogen-bond donors (Lipinski definition) is 1. The zero-order chi connectivity index (χ0) is 11.5. The van der Waals surface area contributed by atoms with Crippen LogP contribution < -0.4 is 5.32 Å². The molecule has 2 aromatic heterocycles. The molecule has 0 saturated carbocycles. The van der Waals surface area contributed by atoms with Crippen LogP contribution in [-0.2, 0) is 0 Å². The molecule has 0 aromatic carbocycles. The van der Waals surface area contributed by atoms with Crippen molar-refractivity contribution in [1.82, 2.24) is 15.5 Å². The molecule has 1 N–H and O–H groups in total. The molecule has 2 aromatic rings. The van der Waals surface area contributed by atoms with Crippen molar-refractivity contribution in [2.24, 2.45) is 0 Å². The first-order valence-corrected chi connectivity index (χ1v) is 6.69. The average Bonchev–Trinajstić information content (AvgIpc) is 2.85. The van der Waals surface area contributed by atoms with Crippen molar-refractivity contribution in [2.45, 2.75) is 19.9 Å². The van der Waals surface area contributed by atoms with Gasteiger partial charge in [-0.3, -0.25) is 0 Å². The van der Waals surface area contributed by atoms with Gasteiger partial charge in [-0.2, -0.15) is 0 Å². The van der Waals surface area contributed by atoms with Gasteiger partial charge in [-0.1, -0.05) is 6.92 Å². The van der Waals surface area contributed by atoms with Crippen molar-refractivity contribution in [2.75, 3.05) is 6.54 Å². The summed E-state index contributed by atoms with van der Waals surface area (Å²) in [6.45, 7) is 4.93. The third-order valence-corrected chi connectivity index (χ3v) is 3.64. The first kappa shape index (κ1) is 11.8. The third-order valence-electron chi connectivity index (χ3n) is 2.14. The number of halogens is 1. The molecule has 2 heterocycles. The van der Waals surface area contributed by atoms with E-state index in [1.165, 1.54) is 0 Å². The van der Waals surface area contributed by atoms with Crippen LogP contribution in [0.2, 0.25) is 0 Å². The summed E-state index contributed by atoms with van der Waals surface area (Å²) in [5, 5.41) is 13.3. The van der Waals surface area contributed by atoms with E-state index in [0.717, 1.165) is 15.9 Å². The van der Waals surface area contributed by atoms with Crippen LogP contribution in [0.15, 0.2) is 19.6 Å². The van der Waals surface area contributed by atoms with E-state index in [-0.39, 0.29) is 6.04 Å². The Morgan fingerprint density at radius 3 is 3.00 bits per heavy atom. The van der Waals surface area contributed by atoms with E-state index in [4.69, 9.17) is 4.42 Å². The van der Waals surface area contributed by atoms with Crippen LogP contribution in [0.3, 0.4) is 0 Å². The maximum Gasteiger partial charge on any atom is 0.248 e. The molecule has 1 atom stereocenters. The third kappa shape index (κ3) is 2.50. The largest absolute Gasteiger partial charge is 0.419 e. The average molecular weight is 302 g/mol. The molecular weight excluding hydrogens is 290 g/mol. The van der Waals surface area contributed by atoms with Gasteiger partial charge in [-0.25, -0.2) is 0 Å². The number of thiophene rings is 1. The van der Waals surface area contributed by atoms with Gasteiger partial charge in [0.25, 0.3) is 0 Å². The van der Waals surface area contributed by atoms with E-state index < -0.39 is 0 Å². The van der Waals surface area contributed by atoms with Gasteiger partial charge < -0.3 is 9.73 Å². The number of rotatable bonds is 4. The standard InChI is InChI=1S/C10H12BrN3OS/c1-3-12-6(2)9-13-14-10(15-9)7-4-8(11)16-5-7/h4-6,12H,3H2,1-2H3. The molecule has 16 heavy (non-hydrogen) atoms. The highest BCUT2D eigenvalue weighted by atomic mass is 79.9. The van der Waals surface area contributed by atoms with E-state index in [9.17, 15) is 0 Å². The fraction of sp³-hybridized carbons (Fsp3) is 0.400. The van der Waals surface area contributed by atoms with Gasteiger partial charge in [0, 0.05) is 5.38 Å². The molecule has 0 radical (unpaired) electrons. The normalized spacial score (nSPS) is 12.9. The Morgan fingerprint density at radius 1 is 1.56 bits per heavy atom. The van der Waals surface area contributed by atoms with Crippen LogP contribution in [0.1, 0.15) is 25.8 Å². The zero-order valence-corrected chi connectivity index (χ0v) is 11.4. The van der Waals surface area contributed by atoms with E-state index >= 15 is 0 Å². The molecule has 86 valence electrons. The Balaban J connectivity index is 2.19. The van der Waals surface area contributed by atoms with Crippen LogP contribution in [0.4, 0.5) is 0 Å². The Kier molecular flexibility index (Phi) is 3.73. The van der Waals surface area contributed by atoms with Crippen LogP contribution >= 0.6 is 27.3 Å². The smallest absolute Gasteiger partial charge is 0.248 e. The predicted octanol–water partition coefficient (Wildman–Crippen LogP) is 3.23. The first-order valence-electron chi connectivity index (χ1n) is 5.02. The number of nitrogens with one attached hydrogen (secondary N) is 1. The number of nitrogens with zero attached hydrogens (tertiary/aromatic N) is 2. The van der Waals surface area contributed by atoms with Crippen LogP contribution in [0.25, 0.3) is 11.5 Å². The molecule has 4 nitrogen and oxygen atoms in total. The number of aromatic nitrogens is 2. The monoisotopic (exact) mass is 301 g/mol. The molecule has 0 aliphatic rings.